The number of nitrogens with zero attached hydrogens (tertiary/aromatic N) is 3. The molecule has 0 amide bonds. The fourth-order valence-electron chi connectivity index (χ4n) is 2.34. The minimum Gasteiger partial charge on any atom is -0.408 e. The predicted molar refractivity (Wildman–Crippen MR) is 63.7 cm³/mol. The van der Waals surface area contributed by atoms with Crippen molar-refractivity contribution in [3.05, 3.63) is 5.89 Å². The van der Waals surface area contributed by atoms with Crippen LogP contribution in [0.4, 0.5) is 6.01 Å². The fourth-order valence-corrected chi connectivity index (χ4v) is 2.34. The number of hydrogen-bond donors (Lipinski definition) is 2. The number of nitrogens with two attached hydrogens (primary N) is 1. The van der Waals surface area contributed by atoms with Gasteiger partial charge in [-0.25, -0.2) is 0 Å². The highest BCUT2D eigenvalue weighted by molar-refractivity contribution is 5.27. The summed E-state index contributed by atoms with van der Waals surface area (Å²) in [4.78, 5) is 2.03. The first kappa shape index (κ1) is 12.3. The van der Waals surface area contributed by atoms with Crippen LogP contribution in [0.5, 0.6) is 0 Å². The molecule has 6 heteroatoms. The normalized spacial score (nSPS) is 16.6. The van der Waals surface area contributed by atoms with Gasteiger partial charge in [-0.1, -0.05) is 17.9 Å². The first-order chi connectivity index (χ1) is 8.35. The molecule has 0 atom stereocenters. The number of aliphatic hydroxyl groups is 1. The monoisotopic (exact) mass is 240 g/mol. The maximum atomic E-state index is 9.12. The quantitative estimate of drug-likeness (QED) is 0.744. The van der Waals surface area contributed by atoms with Crippen molar-refractivity contribution in [3.63, 3.8) is 0 Å². The van der Waals surface area contributed by atoms with Crippen LogP contribution in [0.15, 0.2) is 4.42 Å². The number of hydrogen-bond acceptors (Lipinski definition) is 6. The first-order valence-electron chi connectivity index (χ1n) is 6.25. The molecule has 1 aromatic rings. The minimum atomic E-state index is 0.102. The van der Waals surface area contributed by atoms with Crippen LogP contribution in [0.25, 0.3) is 0 Å². The van der Waals surface area contributed by atoms with E-state index in [9.17, 15) is 0 Å². The Balaban J connectivity index is 2.07. The topological polar surface area (TPSA) is 88.4 Å². The van der Waals surface area contributed by atoms with E-state index < -0.39 is 0 Å². The van der Waals surface area contributed by atoms with Crippen molar-refractivity contribution in [1.82, 2.24) is 10.2 Å². The molecule has 0 aliphatic heterocycles. The van der Waals surface area contributed by atoms with Gasteiger partial charge in [-0.2, -0.15) is 0 Å². The van der Waals surface area contributed by atoms with Crippen molar-refractivity contribution in [2.24, 2.45) is 5.73 Å². The number of anilines is 1. The van der Waals surface area contributed by atoms with Gasteiger partial charge in [0.25, 0.3) is 0 Å². The van der Waals surface area contributed by atoms with Crippen molar-refractivity contribution in [1.29, 1.82) is 0 Å². The van der Waals surface area contributed by atoms with Gasteiger partial charge in [0.05, 0.1) is 6.61 Å². The van der Waals surface area contributed by atoms with Crippen LogP contribution in [-0.2, 0) is 6.42 Å². The number of aromatic nitrogens is 2. The molecule has 1 fully saturated rings. The summed E-state index contributed by atoms with van der Waals surface area (Å²) in [5.41, 5.74) is 5.45. The van der Waals surface area contributed by atoms with Gasteiger partial charge >= 0.3 is 6.01 Å². The molecule has 1 heterocycles. The summed E-state index contributed by atoms with van der Waals surface area (Å²) in [6, 6.07) is 0.947. The Kier molecular flexibility index (Phi) is 4.33. The molecule has 6 nitrogen and oxygen atoms in total. The lowest BCUT2D eigenvalue weighted by Crippen LogP contribution is -2.35. The molecule has 1 aliphatic carbocycles. The predicted octanol–water partition coefficient (Wildman–Crippen LogP) is 0.312. The van der Waals surface area contributed by atoms with Gasteiger partial charge in [0.2, 0.25) is 5.89 Å². The molecule has 0 spiro atoms. The molecule has 3 N–H and O–H groups in total. The lowest BCUT2D eigenvalue weighted by Gasteiger charge is -2.25. The Hall–Kier alpha value is -1.14. The van der Waals surface area contributed by atoms with Crippen molar-refractivity contribution in [3.8, 4) is 0 Å². The maximum absolute atomic E-state index is 9.12. The second-order valence-corrected chi connectivity index (χ2v) is 4.37. The molecule has 0 radical (unpaired) electrons. The molecule has 0 saturated heterocycles. The minimum absolute atomic E-state index is 0.102. The smallest absolute Gasteiger partial charge is 0.318 e. The standard InChI is InChI=1S/C11H20N4O2/c12-6-5-10-13-14-11(17-10)15(7-8-16)9-3-1-2-4-9/h9,16H,1-8,12H2. The Labute approximate surface area is 101 Å². The van der Waals surface area contributed by atoms with E-state index in [1.54, 1.807) is 0 Å². The highest BCUT2D eigenvalue weighted by atomic mass is 16.4. The van der Waals surface area contributed by atoms with Crippen molar-refractivity contribution >= 4 is 6.01 Å². The SMILES string of the molecule is NCCc1nnc(N(CCO)C2CCCC2)o1. The van der Waals surface area contributed by atoms with Crippen LogP contribution in [0.1, 0.15) is 31.6 Å². The van der Waals surface area contributed by atoms with Crippen LogP contribution >= 0.6 is 0 Å². The molecular formula is C11H20N4O2. The lowest BCUT2D eigenvalue weighted by molar-refractivity contribution is 0.292. The van der Waals surface area contributed by atoms with Crippen molar-refractivity contribution < 1.29 is 9.52 Å². The highest BCUT2D eigenvalue weighted by Crippen LogP contribution is 2.27. The van der Waals surface area contributed by atoms with Crippen LogP contribution in [0.2, 0.25) is 0 Å². The summed E-state index contributed by atoms with van der Waals surface area (Å²) in [5, 5.41) is 17.1. The maximum Gasteiger partial charge on any atom is 0.318 e. The summed E-state index contributed by atoms with van der Waals surface area (Å²) >= 11 is 0. The summed E-state index contributed by atoms with van der Waals surface area (Å²) in [5.74, 6) is 0.573. The summed E-state index contributed by atoms with van der Waals surface area (Å²) in [6.45, 7) is 1.16. The van der Waals surface area contributed by atoms with E-state index in [0.29, 0.717) is 37.5 Å². The van der Waals surface area contributed by atoms with E-state index in [1.807, 2.05) is 4.90 Å². The van der Waals surface area contributed by atoms with Gasteiger partial charge in [0.1, 0.15) is 0 Å². The molecule has 0 bridgehead atoms. The Morgan fingerprint density at radius 1 is 1.35 bits per heavy atom. The molecule has 1 aromatic heterocycles. The average Bonchev–Trinajstić information content (AvgIpc) is 2.97. The second kappa shape index (κ2) is 5.97. The Bertz CT molecular complexity index is 336. The van der Waals surface area contributed by atoms with Gasteiger partial charge in [0.15, 0.2) is 0 Å². The van der Waals surface area contributed by atoms with Gasteiger partial charge in [0, 0.05) is 25.6 Å². The first-order valence-corrected chi connectivity index (χ1v) is 6.25. The van der Waals surface area contributed by atoms with E-state index >= 15 is 0 Å². The zero-order valence-corrected chi connectivity index (χ0v) is 10.0. The third-order valence-corrected chi connectivity index (χ3v) is 3.17. The summed E-state index contributed by atoms with van der Waals surface area (Å²) in [7, 11) is 0. The largest absolute Gasteiger partial charge is 0.408 e. The second-order valence-electron chi connectivity index (χ2n) is 4.37. The van der Waals surface area contributed by atoms with E-state index in [4.69, 9.17) is 15.3 Å². The number of rotatable bonds is 6. The van der Waals surface area contributed by atoms with Crippen LogP contribution in [0.3, 0.4) is 0 Å². The van der Waals surface area contributed by atoms with Gasteiger partial charge in [-0.15, -0.1) is 5.10 Å². The van der Waals surface area contributed by atoms with Gasteiger partial charge < -0.3 is 20.2 Å². The molecule has 0 aromatic carbocycles. The molecule has 17 heavy (non-hydrogen) atoms. The zero-order valence-electron chi connectivity index (χ0n) is 10.0. The third kappa shape index (κ3) is 2.95. The highest BCUT2D eigenvalue weighted by Gasteiger charge is 2.26. The molecule has 1 aliphatic rings. The van der Waals surface area contributed by atoms with Crippen LogP contribution in [0, 0.1) is 0 Å². The summed E-state index contributed by atoms with van der Waals surface area (Å²) < 4.78 is 5.56. The number of aliphatic hydroxyl groups excluding tert-OH is 1. The summed E-state index contributed by atoms with van der Waals surface area (Å²) in [6.07, 6.45) is 5.33. The van der Waals surface area contributed by atoms with Gasteiger partial charge in [-0.3, -0.25) is 0 Å². The molecular weight excluding hydrogens is 220 g/mol. The molecule has 0 unspecified atom stereocenters. The Morgan fingerprint density at radius 2 is 2.12 bits per heavy atom. The van der Waals surface area contributed by atoms with E-state index in [-0.39, 0.29) is 6.61 Å². The third-order valence-electron chi connectivity index (χ3n) is 3.17. The van der Waals surface area contributed by atoms with Gasteiger partial charge in [-0.05, 0) is 12.8 Å². The zero-order chi connectivity index (χ0) is 12.1. The van der Waals surface area contributed by atoms with Crippen molar-refractivity contribution in [2.75, 3.05) is 24.6 Å². The van der Waals surface area contributed by atoms with Crippen molar-refractivity contribution in [2.45, 2.75) is 38.1 Å². The fraction of sp³-hybridized carbons (Fsp3) is 0.818. The average molecular weight is 240 g/mol. The van der Waals surface area contributed by atoms with Crippen LogP contribution in [-0.4, -0.2) is 41.0 Å². The Morgan fingerprint density at radius 3 is 2.76 bits per heavy atom. The molecule has 2 rings (SSSR count). The van der Waals surface area contributed by atoms with E-state index in [2.05, 4.69) is 10.2 Å². The lowest BCUT2D eigenvalue weighted by atomic mass is 10.2. The van der Waals surface area contributed by atoms with E-state index in [1.165, 1.54) is 12.8 Å². The van der Waals surface area contributed by atoms with E-state index in [0.717, 1.165) is 12.8 Å². The van der Waals surface area contributed by atoms with Crippen LogP contribution < -0.4 is 10.6 Å². The molecule has 1 saturated carbocycles. The molecule has 96 valence electrons.